The van der Waals surface area contributed by atoms with E-state index in [1.54, 1.807) is 20.8 Å². The van der Waals surface area contributed by atoms with E-state index in [9.17, 15) is 14.7 Å². The molecule has 0 bridgehead atoms. The van der Waals surface area contributed by atoms with Crippen LogP contribution < -0.4 is 10.4 Å². The third kappa shape index (κ3) is 5.14. The fraction of sp³-hybridized carbons (Fsp3) is 0.462. The molecule has 1 saturated heterocycles. The number of hydrogen-bond acceptors (Lipinski definition) is 4. The van der Waals surface area contributed by atoms with Crippen molar-refractivity contribution in [2.24, 2.45) is 0 Å². The number of carboxylic acid groups (broad SMARTS) is 1. The van der Waals surface area contributed by atoms with Crippen LogP contribution in [-0.2, 0) is 14.0 Å². The van der Waals surface area contributed by atoms with E-state index in [-0.39, 0.29) is 11.6 Å². The number of likely N-dealkylation sites (tertiary alicyclic amines) is 1. The Bertz CT molecular complexity index is 926. The Hall–Kier alpha value is -2.64. The highest BCUT2D eigenvalue weighted by atomic mass is 28.4. The lowest BCUT2D eigenvalue weighted by Crippen LogP contribution is -2.68. The molecular formula is C26H35NO5Si. The van der Waals surface area contributed by atoms with Gasteiger partial charge in [0.15, 0.2) is 6.04 Å². The van der Waals surface area contributed by atoms with Gasteiger partial charge < -0.3 is 14.3 Å². The van der Waals surface area contributed by atoms with Gasteiger partial charge in [0.2, 0.25) is 0 Å². The van der Waals surface area contributed by atoms with E-state index in [1.165, 1.54) is 4.90 Å². The van der Waals surface area contributed by atoms with Crippen molar-refractivity contribution in [3.8, 4) is 0 Å². The van der Waals surface area contributed by atoms with Crippen molar-refractivity contribution in [3.05, 3.63) is 60.7 Å². The van der Waals surface area contributed by atoms with E-state index >= 15 is 0 Å². The van der Waals surface area contributed by atoms with Gasteiger partial charge in [0.05, 0.1) is 6.10 Å². The fourth-order valence-corrected chi connectivity index (χ4v) is 9.34. The quantitative estimate of drug-likeness (QED) is 0.669. The average Bonchev–Trinajstić information content (AvgIpc) is 3.15. The van der Waals surface area contributed by atoms with E-state index < -0.39 is 38.1 Å². The predicted molar refractivity (Wildman–Crippen MR) is 131 cm³/mol. The number of amides is 1. The summed E-state index contributed by atoms with van der Waals surface area (Å²) in [5, 5.41) is 12.0. The van der Waals surface area contributed by atoms with Gasteiger partial charge >= 0.3 is 12.1 Å². The molecule has 0 radical (unpaired) electrons. The summed E-state index contributed by atoms with van der Waals surface area (Å²) in [7, 11) is -2.96. The van der Waals surface area contributed by atoms with Gasteiger partial charge in [-0.15, -0.1) is 0 Å². The largest absolute Gasteiger partial charge is 0.480 e. The first kappa shape index (κ1) is 25.0. The molecule has 3 rings (SSSR count). The van der Waals surface area contributed by atoms with E-state index in [1.807, 2.05) is 36.4 Å². The SMILES string of the molecule is CC(C)(C)OC(=O)N1CC[C@@H](O[Si](c2ccccc2)(c2ccccc2)C(C)(C)C)[C@@H]1C(=O)O. The molecule has 0 unspecified atom stereocenters. The zero-order valence-electron chi connectivity index (χ0n) is 20.4. The van der Waals surface area contributed by atoms with Gasteiger partial charge in [0.1, 0.15) is 5.60 Å². The zero-order valence-corrected chi connectivity index (χ0v) is 21.4. The normalized spacial score (nSPS) is 19.4. The highest BCUT2D eigenvalue weighted by Crippen LogP contribution is 2.39. The summed E-state index contributed by atoms with van der Waals surface area (Å²) < 4.78 is 12.5. The number of nitrogens with zero attached hydrogens (tertiary/aromatic N) is 1. The predicted octanol–water partition coefficient (Wildman–Crippen LogP) is 4.03. The monoisotopic (exact) mass is 469 g/mol. The van der Waals surface area contributed by atoms with Crippen LogP contribution >= 0.6 is 0 Å². The first-order valence-electron chi connectivity index (χ1n) is 11.4. The van der Waals surface area contributed by atoms with E-state index in [4.69, 9.17) is 9.16 Å². The van der Waals surface area contributed by atoms with Crippen LogP contribution in [0.5, 0.6) is 0 Å². The highest BCUT2D eigenvalue weighted by molar-refractivity contribution is 6.99. The summed E-state index contributed by atoms with van der Waals surface area (Å²) in [6.07, 6.45) is -0.842. The number of rotatable bonds is 5. The Morgan fingerprint density at radius 3 is 1.79 bits per heavy atom. The van der Waals surface area contributed by atoms with Crippen LogP contribution in [0, 0.1) is 0 Å². The smallest absolute Gasteiger partial charge is 0.411 e. The molecule has 178 valence electrons. The number of carboxylic acids is 1. The lowest BCUT2D eigenvalue weighted by molar-refractivity contribution is -0.144. The number of hydrogen-bond donors (Lipinski definition) is 1. The third-order valence-electron chi connectivity index (χ3n) is 5.97. The molecule has 2 atom stereocenters. The maximum Gasteiger partial charge on any atom is 0.411 e. The number of carbonyl (C=O) groups excluding carboxylic acids is 1. The van der Waals surface area contributed by atoms with Gasteiger partial charge in [-0.25, -0.2) is 9.59 Å². The van der Waals surface area contributed by atoms with Crippen LogP contribution in [0.2, 0.25) is 5.04 Å². The Balaban J connectivity index is 2.08. The molecule has 1 aliphatic rings. The summed E-state index contributed by atoms with van der Waals surface area (Å²) in [6.45, 7) is 12.0. The molecule has 1 heterocycles. The van der Waals surface area contributed by atoms with Gasteiger partial charge in [-0.3, -0.25) is 4.90 Å². The molecule has 6 nitrogen and oxygen atoms in total. The van der Waals surface area contributed by atoms with Crippen LogP contribution in [0.1, 0.15) is 48.0 Å². The first-order valence-corrected chi connectivity index (χ1v) is 13.3. The summed E-state index contributed by atoms with van der Waals surface area (Å²) in [5.74, 6) is -1.08. The van der Waals surface area contributed by atoms with Gasteiger partial charge in [0.25, 0.3) is 8.32 Å². The topological polar surface area (TPSA) is 76.1 Å². The van der Waals surface area contributed by atoms with Crippen molar-refractivity contribution in [3.63, 3.8) is 0 Å². The Morgan fingerprint density at radius 2 is 1.39 bits per heavy atom. The van der Waals surface area contributed by atoms with Crippen LogP contribution in [-0.4, -0.2) is 54.7 Å². The third-order valence-corrected chi connectivity index (χ3v) is 11.0. The number of ether oxygens (including phenoxy) is 1. The molecule has 1 aliphatic heterocycles. The minimum absolute atomic E-state index is 0.273. The Kier molecular flexibility index (Phi) is 7.05. The highest BCUT2D eigenvalue weighted by Gasteiger charge is 2.55. The maximum atomic E-state index is 12.8. The lowest BCUT2D eigenvalue weighted by atomic mass is 10.2. The zero-order chi connectivity index (χ0) is 24.4. The lowest BCUT2D eigenvalue weighted by Gasteiger charge is -2.45. The van der Waals surface area contributed by atoms with Crippen molar-refractivity contribution in [1.29, 1.82) is 0 Å². The molecule has 1 N–H and O–H groups in total. The molecule has 2 aromatic carbocycles. The van der Waals surface area contributed by atoms with E-state index in [0.717, 1.165) is 10.4 Å². The van der Waals surface area contributed by atoms with Crippen LogP contribution in [0.15, 0.2) is 60.7 Å². The van der Waals surface area contributed by atoms with Crippen molar-refractivity contribution in [2.75, 3.05) is 6.54 Å². The second-order valence-electron chi connectivity index (χ2n) is 10.6. The van der Waals surface area contributed by atoms with Crippen LogP contribution in [0.4, 0.5) is 4.79 Å². The van der Waals surface area contributed by atoms with Gasteiger partial charge in [0, 0.05) is 6.54 Å². The molecule has 0 spiro atoms. The summed E-state index contributed by atoms with van der Waals surface area (Å²) in [5.41, 5.74) is -0.711. The molecule has 33 heavy (non-hydrogen) atoms. The van der Waals surface area contributed by atoms with E-state index in [2.05, 4.69) is 45.0 Å². The fourth-order valence-electron chi connectivity index (χ4n) is 4.62. The molecular weight excluding hydrogens is 434 g/mol. The second-order valence-corrected chi connectivity index (χ2v) is 14.8. The van der Waals surface area contributed by atoms with Crippen molar-refractivity contribution < 1.29 is 23.9 Å². The van der Waals surface area contributed by atoms with Crippen LogP contribution in [0.3, 0.4) is 0 Å². The maximum absolute atomic E-state index is 12.8. The van der Waals surface area contributed by atoms with Gasteiger partial charge in [-0.05, 0) is 42.6 Å². The summed E-state index contributed by atoms with van der Waals surface area (Å²) in [6, 6.07) is 19.1. The molecule has 0 aromatic heterocycles. The Morgan fingerprint density at radius 1 is 0.909 bits per heavy atom. The number of benzene rings is 2. The van der Waals surface area contributed by atoms with Crippen molar-refractivity contribution in [1.82, 2.24) is 4.90 Å². The molecule has 0 saturated carbocycles. The molecule has 0 aliphatic carbocycles. The molecule has 1 fully saturated rings. The molecule has 7 heteroatoms. The average molecular weight is 470 g/mol. The summed E-state index contributed by atoms with van der Waals surface area (Å²) in [4.78, 5) is 26.5. The Labute approximate surface area is 197 Å². The van der Waals surface area contributed by atoms with Crippen LogP contribution in [0.25, 0.3) is 0 Å². The molecule has 1 amide bonds. The van der Waals surface area contributed by atoms with Gasteiger partial charge in [-0.2, -0.15) is 0 Å². The summed E-state index contributed by atoms with van der Waals surface area (Å²) >= 11 is 0. The minimum Gasteiger partial charge on any atom is -0.480 e. The first-order chi connectivity index (χ1) is 15.4. The standard InChI is InChI=1S/C26H35NO5Si/c1-25(2,3)31-24(30)27-18-17-21(22(27)23(28)29)32-33(26(4,5)6,19-13-9-7-10-14-19)20-15-11-8-12-16-20/h7-16,21-22H,17-18H2,1-6H3,(H,28,29)/t21-,22-/m1/s1. The van der Waals surface area contributed by atoms with E-state index in [0.29, 0.717) is 6.42 Å². The molecule has 2 aromatic rings. The van der Waals surface area contributed by atoms with Gasteiger partial charge in [-0.1, -0.05) is 81.4 Å². The number of aliphatic carboxylic acids is 1. The number of carbonyl (C=O) groups is 2. The van der Waals surface area contributed by atoms with Crippen molar-refractivity contribution in [2.45, 2.75) is 70.7 Å². The van der Waals surface area contributed by atoms with Crippen molar-refractivity contribution >= 4 is 30.8 Å². The minimum atomic E-state index is -2.96. The second kappa shape index (κ2) is 9.31.